The van der Waals surface area contributed by atoms with E-state index in [9.17, 15) is 4.79 Å². The van der Waals surface area contributed by atoms with Gasteiger partial charge in [0.15, 0.2) is 0 Å². The molecule has 0 spiro atoms. The predicted molar refractivity (Wildman–Crippen MR) is 25.4 cm³/mol. The van der Waals surface area contributed by atoms with Crippen LogP contribution in [0.25, 0.3) is 0 Å². The van der Waals surface area contributed by atoms with E-state index >= 15 is 0 Å². The second kappa shape index (κ2) is 4.27. The van der Waals surface area contributed by atoms with E-state index in [2.05, 4.69) is 11.1 Å². The zero-order chi connectivity index (χ0) is 4.28. The molecule has 0 atom stereocenters. The molecule has 0 aromatic carbocycles. The summed E-state index contributed by atoms with van der Waals surface area (Å²) in [6.07, 6.45) is 0. The molecule has 6 heavy (non-hydrogen) atoms. The van der Waals surface area contributed by atoms with E-state index < -0.39 is 6.03 Å². The summed E-state index contributed by atoms with van der Waals surface area (Å²) >= 11 is 0. The number of urea groups is 1. The highest BCUT2D eigenvalue weighted by molar-refractivity contribution is 5.71. The smallest absolute Gasteiger partial charge is 0.311 e. The van der Waals surface area contributed by atoms with E-state index in [4.69, 9.17) is 0 Å². The van der Waals surface area contributed by atoms with Crippen molar-refractivity contribution in [1.82, 2.24) is 5.32 Å². The minimum Gasteiger partial charge on any atom is -0.352 e. The number of nitrogens with one attached hydrogen (secondary N) is 1. The molecule has 0 radical (unpaired) electrons. The van der Waals surface area contributed by atoms with Crippen LogP contribution in [-0.2, 0) is 0 Å². The summed E-state index contributed by atoms with van der Waals surface area (Å²) in [5, 5.41) is 2.17. The minimum absolute atomic E-state index is 0. The maximum atomic E-state index is 9.48. The van der Waals surface area contributed by atoms with Crippen LogP contribution in [0.4, 0.5) is 4.79 Å². The standard InChI is InChI=1S/C2H6N2O.CH4/c1-4-2(3)5;/h1H3,(H3,3,4,5);1H4. The molecule has 3 N–H and O–H groups in total. The average Bonchev–Trinajstić information content (AvgIpc) is 1.38. The Morgan fingerprint density at radius 1 is 1.83 bits per heavy atom. The van der Waals surface area contributed by atoms with Crippen molar-refractivity contribution in [3.63, 3.8) is 0 Å². The quantitative estimate of drug-likeness (QED) is 0.429. The van der Waals surface area contributed by atoms with Crippen LogP contribution < -0.4 is 11.1 Å². The van der Waals surface area contributed by atoms with Gasteiger partial charge in [-0.15, -0.1) is 0 Å². The summed E-state index contributed by atoms with van der Waals surface area (Å²) in [5.74, 6) is 0. The van der Waals surface area contributed by atoms with Crippen molar-refractivity contribution in [3.05, 3.63) is 0 Å². The molecule has 0 saturated heterocycles. The van der Waals surface area contributed by atoms with Crippen LogP contribution in [0.15, 0.2) is 0 Å². The lowest BCUT2D eigenvalue weighted by Gasteiger charge is -1.80. The van der Waals surface area contributed by atoms with Crippen molar-refractivity contribution < 1.29 is 4.79 Å². The Morgan fingerprint density at radius 2 is 2.00 bits per heavy atom. The van der Waals surface area contributed by atoms with Crippen molar-refractivity contribution in [1.29, 1.82) is 0 Å². The van der Waals surface area contributed by atoms with Gasteiger partial charge in [-0.2, -0.15) is 0 Å². The fraction of sp³-hybridized carbons (Fsp3) is 0.667. The van der Waals surface area contributed by atoms with Gasteiger partial charge in [0.25, 0.3) is 0 Å². The Labute approximate surface area is 37.5 Å². The molecule has 0 heterocycles. The molecule has 0 rings (SSSR count). The third-order valence-corrected chi connectivity index (χ3v) is 0.246. The molecular formula is C3H10N2O. The first-order valence-electron chi connectivity index (χ1n) is 1.24. The third kappa shape index (κ3) is 10.4. The van der Waals surface area contributed by atoms with Gasteiger partial charge >= 0.3 is 6.03 Å². The highest BCUT2D eigenvalue weighted by Gasteiger charge is 1.72. The van der Waals surface area contributed by atoms with E-state index in [0.717, 1.165) is 0 Å². The Morgan fingerprint density at radius 3 is 2.00 bits per heavy atom. The third-order valence-electron chi connectivity index (χ3n) is 0.246. The Bertz CT molecular complexity index is 44.1. The molecule has 0 bridgehead atoms. The van der Waals surface area contributed by atoms with Gasteiger partial charge in [0.2, 0.25) is 0 Å². The first-order valence-corrected chi connectivity index (χ1v) is 1.24. The Hall–Kier alpha value is -0.730. The number of carbonyl (C=O) groups excluding carboxylic acids is 1. The maximum absolute atomic E-state index is 9.48. The number of carbonyl (C=O) groups is 1. The highest BCUT2D eigenvalue weighted by atomic mass is 16.2. The zero-order valence-corrected chi connectivity index (χ0v) is 2.99. The van der Waals surface area contributed by atoms with Crippen molar-refractivity contribution >= 4 is 6.03 Å². The number of hydrogen-bond donors (Lipinski definition) is 2. The van der Waals surface area contributed by atoms with Crippen LogP contribution in [-0.4, -0.2) is 13.1 Å². The number of nitrogens with two attached hydrogens (primary N) is 1. The van der Waals surface area contributed by atoms with Crippen molar-refractivity contribution in [2.24, 2.45) is 5.73 Å². The Kier molecular flexibility index (Phi) is 6.40. The van der Waals surface area contributed by atoms with Crippen LogP contribution in [0.1, 0.15) is 7.43 Å². The summed E-state index contributed by atoms with van der Waals surface area (Å²) in [6.45, 7) is 0. The van der Waals surface area contributed by atoms with Crippen molar-refractivity contribution in [2.75, 3.05) is 7.05 Å². The van der Waals surface area contributed by atoms with Gasteiger partial charge in [-0.25, -0.2) is 4.79 Å². The number of primary amides is 1. The van der Waals surface area contributed by atoms with Crippen LogP contribution >= 0.6 is 0 Å². The Balaban J connectivity index is 0. The predicted octanol–water partition coefficient (Wildman–Crippen LogP) is -0.0794. The molecule has 3 nitrogen and oxygen atoms in total. The van der Waals surface area contributed by atoms with E-state index in [-0.39, 0.29) is 7.43 Å². The van der Waals surface area contributed by atoms with Gasteiger partial charge in [-0.05, 0) is 0 Å². The number of rotatable bonds is 0. The van der Waals surface area contributed by atoms with E-state index in [1.54, 1.807) is 0 Å². The fourth-order valence-electron chi connectivity index (χ4n) is 0. The second-order valence-corrected chi connectivity index (χ2v) is 0.614. The molecule has 3 heteroatoms. The van der Waals surface area contributed by atoms with Crippen LogP contribution in [0, 0.1) is 0 Å². The largest absolute Gasteiger partial charge is 0.352 e. The number of amides is 2. The average molecular weight is 90.1 g/mol. The lowest BCUT2D eigenvalue weighted by molar-refractivity contribution is 0.251. The van der Waals surface area contributed by atoms with Crippen LogP contribution in [0.2, 0.25) is 0 Å². The SMILES string of the molecule is C.CNC(N)=O. The van der Waals surface area contributed by atoms with E-state index in [1.807, 2.05) is 0 Å². The maximum Gasteiger partial charge on any atom is 0.311 e. The van der Waals surface area contributed by atoms with Gasteiger partial charge in [0.05, 0.1) is 0 Å². The zero-order valence-electron chi connectivity index (χ0n) is 2.99. The lowest BCUT2D eigenvalue weighted by atomic mass is 11.1. The van der Waals surface area contributed by atoms with Crippen LogP contribution in [0.5, 0.6) is 0 Å². The number of hydrogen-bond acceptors (Lipinski definition) is 1. The molecular weight excluding hydrogens is 80.0 g/mol. The van der Waals surface area contributed by atoms with Gasteiger partial charge < -0.3 is 11.1 Å². The molecule has 0 aliphatic carbocycles. The second-order valence-electron chi connectivity index (χ2n) is 0.614. The molecule has 0 unspecified atom stereocenters. The molecule has 0 aromatic rings. The topological polar surface area (TPSA) is 55.1 Å². The molecule has 0 aromatic heterocycles. The summed E-state index contributed by atoms with van der Waals surface area (Å²) in [7, 11) is 1.47. The van der Waals surface area contributed by atoms with Gasteiger partial charge in [0.1, 0.15) is 0 Å². The minimum atomic E-state index is -0.495. The van der Waals surface area contributed by atoms with Crippen molar-refractivity contribution in [3.8, 4) is 0 Å². The van der Waals surface area contributed by atoms with E-state index in [0.29, 0.717) is 0 Å². The first kappa shape index (κ1) is 8.99. The summed E-state index contributed by atoms with van der Waals surface area (Å²) in [4.78, 5) is 9.48. The van der Waals surface area contributed by atoms with Gasteiger partial charge in [0, 0.05) is 7.05 Å². The summed E-state index contributed by atoms with van der Waals surface area (Å²) in [5.41, 5.74) is 4.54. The summed E-state index contributed by atoms with van der Waals surface area (Å²) in [6, 6.07) is -0.495. The summed E-state index contributed by atoms with van der Waals surface area (Å²) < 4.78 is 0. The molecule has 0 saturated carbocycles. The molecule has 2 amide bonds. The molecule has 38 valence electrons. The van der Waals surface area contributed by atoms with Crippen LogP contribution in [0.3, 0.4) is 0 Å². The fourth-order valence-corrected chi connectivity index (χ4v) is 0. The highest BCUT2D eigenvalue weighted by Crippen LogP contribution is 1.38. The van der Waals surface area contributed by atoms with Gasteiger partial charge in [-0.1, -0.05) is 7.43 Å². The monoisotopic (exact) mass is 90.1 g/mol. The van der Waals surface area contributed by atoms with E-state index in [1.165, 1.54) is 7.05 Å². The van der Waals surface area contributed by atoms with Gasteiger partial charge in [-0.3, -0.25) is 0 Å². The normalized spacial score (nSPS) is 5.50. The first-order chi connectivity index (χ1) is 2.27. The lowest BCUT2D eigenvalue weighted by Crippen LogP contribution is -2.24. The van der Waals surface area contributed by atoms with Crippen molar-refractivity contribution in [2.45, 2.75) is 7.43 Å². The molecule has 0 fully saturated rings. The molecule has 0 aliphatic rings. The molecule has 0 aliphatic heterocycles.